The Morgan fingerprint density at radius 2 is 1.83 bits per heavy atom. The van der Waals surface area contributed by atoms with E-state index in [1.165, 1.54) is 28.8 Å². The molecule has 2 aromatic carbocycles. The highest BCUT2D eigenvalue weighted by Crippen LogP contribution is 2.20. The molecule has 7 heteroatoms. The van der Waals surface area contributed by atoms with Crippen molar-refractivity contribution in [3.63, 3.8) is 0 Å². The summed E-state index contributed by atoms with van der Waals surface area (Å²) in [6.07, 6.45) is 0.564. The Hall–Kier alpha value is -2.47. The smallest absolute Gasteiger partial charge is 0.296 e. The fourth-order valence-electron chi connectivity index (χ4n) is 2.41. The quantitative estimate of drug-likeness (QED) is 0.706. The van der Waals surface area contributed by atoms with Gasteiger partial charge in [-0.2, -0.15) is 0 Å². The van der Waals surface area contributed by atoms with Crippen LogP contribution >= 0.6 is 11.6 Å². The molecule has 3 rings (SSSR count). The average Bonchev–Trinajstić information content (AvgIpc) is 2.90. The molecule has 0 aliphatic rings. The van der Waals surface area contributed by atoms with E-state index in [-0.39, 0.29) is 25.2 Å². The van der Waals surface area contributed by atoms with Crippen LogP contribution < -0.4 is 5.76 Å². The Morgan fingerprint density at radius 1 is 1.08 bits per heavy atom. The third-order valence-electron chi connectivity index (χ3n) is 3.68. The summed E-state index contributed by atoms with van der Waals surface area (Å²) in [6, 6.07) is 10.2. The van der Waals surface area contributed by atoms with E-state index in [4.69, 9.17) is 16.1 Å². The standard InChI is InChI=1S/C17H13ClF2N2O2/c18-14-2-1-3-15(20)13(14)8-9-16-21-24-17(23)22(16)10-11-4-6-12(19)7-5-11/h1-7H,8-10H2. The summed E-state index contributed by atoms with van der Waals surface area (Å²) in [7, 11) is 0. The van der Waals surface area contributed by atoms with Crippen molar-refractivity contribution >= 4 is 11.6 Å². The SMILES string of the molecule is O=c1onc(CCc2c(F)cccc2Cl)n1Cc1ccc(F)cc1. The van der Waals surface area contributed by atoms with Gasteiger partial charge in [-0.1, -0.05) is 35.0 Å². The van der Waals surface area contributed by atoms with Crippen LogP contribution in [0.1, 0.15) is 17.0 Å². The topological polar surface area (TPSA) is 48.0 Å². The molecule has 0 N–H and O–H groups in total. The van der Waals surface area contributed by atoms with Gasteiger partial charge in [-0.25, -0.2) is 13.6 Å². The number of halogens is 3. The van der Waals surface area contributed by atoms with E-state index in [0.717, 1.165) is 5.56 Å². The minimum Gasteiger partial charge on any atom is -0.296 e. The summed E-state index contributed by atoms with van der Waals surface area (Å²) < 4.78 is 32.8. The molecule has 24 heavy (non-hydrogen) atoms. The molecular weight excluding hydrogens is 338 g/mol. The van der Waals surface area contributed by atoms with Crippen LogP contribution in [-0.2, 0) is 19.4 Å². The highest BCUT2D eigenvalue weighted by molar-refractivity contribution is 6.31. The zero-order chi connectivity index (χ0) is 17.1. The van der Waals surface area contributed by atoms with Gasteiger partial charge in [-0.3, -0.25) is 9.09 Å². The lowest BCUT2D eigenvalue weighted by atomic mass is 10.1. The van der Waals surface area contributed by atoms with Gasteiger partial charge in [0.25, 0.3) is 0 Å². The van der Waals surface area contributed by atoms with E-state index in [0.29, 0.717) is 16.4 Å². The molecule has 0 spiro atoms. The second kappa shape index (κ2) is 6.97. The lowest BCUT2D eigenvalue weighted by molar-refractivity contribution is 0.374. The van der Waals surface area contributed by atoms with Crippen molar-refractivity contribution in [3.8, 4) is 0 Å². The predicted molar refractivity (Wildman–Crippen MR) is 85.1 cm³/mol. The largest absolute Gasteiger partial charge is 0.441 e. The number of aromatic nitrogens is 2. The van der Waals surface area contributed by atoms with E-state index in [2.05, 4.69) is 5.16 Å². The van der Waals surface area contributed by atoms with Crippen molar-refractivity contribution in [1.29, 1.82) is 0 Å². The minimum absolute atomic E-state index is 0.197. The lowest BCUT2D eigenvalue weighted by Gasteiger charge is -2.07. The molecule has 0 amide bonds. The maximum atomic E-state index is 13.8. The van der Waals surface area contributed by atoms with Crippen LogP contribution in [0.3, 0.4) is 0 Å². The van der Waals surface area contributed by atoms with Crippen LogP contribution in [0.25, 0.3) is 0 Å². The Labute approximate surface area is 141 Å². The first-order valence-electron chi connectivity index (χ1n) is 7.27. The first kappa shape index (κ1) is 16.4. The average molecular weight is 351 g/mol. The van der Waals surface area contributed by atoms with Crippen LogP contribution in [0.4, 0.5) is 8.78 Å². The van der Waals surface area contributed by atoms with Crippen LogP contribution in [0.5, 0.6) is 0 Å². The van der Waals surface area contributed by atoms with Crippen molar-refractivity contribution in [1.82, 2.24) is 9.72 Å². The molecule has 0 radical (unpaired) electrons. The predicted octanol–water partition coefficient (Wildman–Crippen LogP) is 3.60. The molecule has 4 nitrogen and oxygen atoms in total. The number of hydrogen-bond acceptors (Lipinski definition) is 3. The van der Waals surface area contributed by atoms with Crippen molar-refractivity contribution < 1.29 is 13.3 Å². The van der Waals surface area contributed by atoms with Crippen LogP contribution in [-0.4, -0.2) is 9.72 Å². The number of rotatable bonds is 5. The summed E-state index contributed by atoms with van der Waals surface area (Å²) in [5, 5.41) is 4.06. The third-order valence-corrected chi connectivity index (χ3v) is 4.03. The maximum absolute atomic E-state index is 13.8. The lowest BCUT2D eigenvalue weighted by Crippen LogP contribution is -2.18. The third kappa shape index (κ3) is 3.54. The highest BCUT2D eigenvalue weighted by Gasteiger charge is 2.14. The number of nitrogens with zero attached hydrogens (tertiary/aromatic N) is 2. The van der Waals surface area contributed by atoms with Gasteiger partial charge >= 0.3 is 5.76 Å². The van der Waals surface area contributed by atoms with Gasteiger partial charge in [0.05, 0.1) is 6.54 Å². The van der Waals surface area contributed by atoms with Gasteiger partial charge < -0.3 is 0 Å². The van der Waals surface area contributed by atoms with Gasteiger partial charge in [0.15, 0.2) is 5.82 Å². The summed E-state index contributed by atoms with van der Waals surface area (Å²) in [6.45, 7) is 0.197. The second-order valence-electron chi connectivity index (χ2n) is 5.28. The number of aryl methyl sites for hydroxylation is 1. The molecule has 0 atom stereocenters. The Kier molecular flexibility index (Phi) is 4.76. The Balaban J connectivity index is 1.80. The zero-order valence-electron chi connectivity index (χ0n) is 12.5. The van der Waals surface area contributed by atoms with Crippen molar-refractivity contribution in [2.75, 3.05) is 0 Å². The van der Waals surface area contributed by atoms with Crippen LogP contribution in [0.15, 0.2) is 51.8 Å². The minimum atomic E-state index is -0.617. The molecule has 0 unspecified atom stereocenters. The van der Waals surface area contributed by atoms with Gasteiger partial charge in [-0.15, -0.1) is 0 Å². The van der Waals surface area contributed by atoms with Crippen LogP contribution in [0, 0.1) is 11.6 Å². The molecule has 124 valence electrons. The van der Waals surface area contributed by atoms with Gasteiger partial charge in [-0.05, 0) is 36.2 Å². The van der Waals surface area contributed by atoms with Crippen molar-refractivity contribution in [2.24, 2.45) is 0 Å². The summed E-state index contributed by atoms with van der Waals surface area (Å²) in [4.78, 5) is 11.8. The molecule has 0 saturated heterocycles. The van der Waals surface area contributed by atoms with Crippen molar-refractivity contribution in [2.45, 2.75) is 19.4 Å². The molecule has 0 bridgehead atoms. The summed E-state index contributed by atoms with van der Waals surface area (Å²) in [5.41, 5.74) is 1.09. The number of benzene rings is 2. The van der Waals surface area contributed by atoms with Gasteiger partial charge in [0.2, 0.25) is 0 Å². The highest BCUT2D eigenvalue weighted by atomic mass is 35.5. The van der Waals surface area contributed by atoms with E-state index in [1.807, 2.05) is 0 Å². The van der Waals surface area contributed by atoms with Crippen LogP contribution in [0.2, 0.25) is 5.02 Å². The zero-order valence-corrected chi connectivity index (χ0v) is 13.3. The van der Waals surface area contributed by atoms with E-state index in [9.17, 15) is 13.6 Å². The van der Waals surface area contributed by atoms with E-state index >= 15 is 0 Å². The Morgan fingerprint density at radius 3 is 2.54 bits per heavy atom. The molecule has 3 aromatic rings. The van der Waals surface area contributed by atoms with E-state index in [1.54, 1.807) is 18.2 Å². The van der Waals surface area contributed by atoms with Gasteiger partial charge in [0, 0.05) is 17.0 Å². The normalized spacial score (nSPS) is 11.0. The molecule has 0 fully saturated rings. The first-order chi connectivity index (χ1) is 11.5. The molecule has 0 aliphatic heterocycles. The van der Waals surface area contributed by atoms with Gasteiger partial charge in [0.1, 0.15) is 11.6 Å². The van der Waals surface area contributed by atoms with E-state index < -0.39 is 11.6 Å². The fraction of sp³-hybridized carbons (Fsp3) is 0.176. The molecule has 0 saturated carbocycles. The molecular formula is C17H13ClF2N2O2. The molecule has 0 aliphatic carbocycles. The number of hydrogen-bond donors (Lipinski definition) is 0. The Bertz CT molecular complexity index is 883. The molecule has 1 aromatic heterocycles. The second-order valence-corrected chi connectivity index (χ2v) is 5.68. The summed E-state index contributed by atoms with van der Waals surface area (Å²) in [5.74, 6) is -0.998. The fourth-order valence-corrected chi connectivity index (χ4v) is 2.67. The maximum Gasteiger partial charge on any atom is 0.441 e. The van der Waals surface area contributed by atoms with Crippen molar-refractivity contribution in [3.05, 3.63) is 86.6 Å². The monoisotopic (exact) mass is 350 g/mol. The summed E-state index contributed by atoms with van der Waals surface area (Å²) >= 11 is 6.00. The first-order valence-corrected chi connectivity index (χ1v) is 7.65. The molecule has 1 heterocycles.